The normalized spacial score (nSPS) is 33.1. The zero-order chi connectivity index (χ0) is 9.73. The molecule has 0 saturated heterocycles. The Balaban J connectivity index is 2.80. The number of halogens is 1. The molecule has 2 nitrogen and oxygen atoms in total. The van der Waals surface area contributed by atoms with Gasteiger partial charge in [0, 0.05) is 5.92 Å². The highest BCUT2D eigenvalue weighted by atomic mass is 19.1. The van der Waals surface area contributed by atoms with Crippen LogP contribution < -0.4 is 0 Å². The number of aliphatic carboxylic acids is 1. The summed E-state index contributed by atoms with van der Waals surface area (Å²) in [4.78, 5) is 10.7. The molecule has 0 amide bonds. The molecule has 0 aromatic heterocycles. The third kappa shape index (κ3) is 1.21. The first-order valence-electron chi connectivity index (χ1n) is 4.10. The summed E-state index contributed by atoms with van der Waals surface area (Å²) in [5.74, 6) is -1.74. The number of hydrogen-bond donors (Lipinski definition) is 1. The fraction of sp³-hybridized carbons (Fsp3) is 0.889. The van der Waals surface area contributed by atoms with Crippen molar-refractivity contribution < 1.29 is 14.3 Å². The topological polar surface area (TPSA) is 37.3 Å². The Morgan fingerprint density at radius 2 is 1.92 bits per heavy atom. The van der Waals surface area contributed by atoms with E-state index in [-0.39, 0.29) is 11.3 Å². The third-order valence-corrected chi connectivity index (χ3v) is 2.83. The fourth-order valence-corrected chi connectivity index (χ4v) is 2.38. The van der Waals surface area contributed by atoms with E-state index in [9.17, 15) is 9.18 Å². The Hall–Kier alpha value is -0.600. The molecule has 0 aliphatic heterocycles. The number of rotatable bonds is 2. The lowest BCUT2D eigenvalue weighted by molar-refractivity contribution is -0.139. The molecule has 1 rings (SSSR count). The molecule has 1 N–H and O–H groups in total. The van der Waals surface area contributed by atoms with Crippen LogP contribution in [0.15, 0.2) is 0 Å². The van der Waals surface area contributed by atoms with Gasteiger partial charge in [0.25, 0.3) is 0 Å². The molecule has 70 valence electrons. The van der Waals surface area contributed by atoms with Crippen molar-refractivity contribution >= 4 is 5.97 Å². The van der Waals surface area contributed by atoms with Gasteiger partial charge in [-0.3, -0.25) is 4.79 Å². The average Bonchev–Trinajstić information content (AvgIpc) is 2.31. The predicted octanol–water partition coefficient (Wildman–Crippen LogP) is 2.09. The summed E-state index contributed by atoms with van der Waals surface area (Å²) in [6, 6.07) is 0. The molecule has 1 aliphatic carbocycles. The van der Waals surface area contributed by atoms with Crippen molar-refractivity contribution in [2.45, 2.75) is 33.4 Å². The van der Waals surface area contributed by atoms with Crippen LogP contribution in [0.4, 0.5) is 4.39 Å². The lowest BCUT2D eigenvalue weighted by atomic mass is 9.98. The molecule has 2 atom stereocenters. The zero-order valence-electron chi connectivity index (χ0n) is 7.89. The van der Waals surface area contributed by atoms with Crippen molar-refractivity contribution in [3.8, 4) is 0 Å². The van der Waals surface area contributed by atoms with E-state index in [0.717, 1.165) is 0 Å². The maximum atomic E-state index is 13.4. The first-order chi connectivity index (χ1) is 5.19. The van der Waals surface area contributed by atoms with Gasteiger partial charge in [0.05, 0.1) is 5.92 Å². The van der Waals surface area contributed by atoms with Gasteiger partial charge in [-0.05, 0) is 19.3 Å². The van der Waals surface area contributed by atoms with Crippen molar-refractivity contribution in [1.82, 2.24) is 0 Å². The standard InChI is InChI=1S/C9H15FO2/c1-8(2)5(7(11)12)6(8)9(3,4)10/h5-6H,1-4H3,(H,11,12)/t5-,6+/m1/s1. The minimum Gasteiger partial charge on any atom is -0.481 e. The van der Waals surface area contributed by atoms with Gasteiger partial charge in [0.1, 0.15) is 5.67 Å². The number of carboxylic acid groups (broad SMARTS) is 1. The summed E-state index contributed by atoms with van der Waals surface area (Å²) in [5.41, 5.74) is -1.77. The van der Waals surface area contributed by atoms with Crippen LogP contribution >= 0.6 is 0 Å². The maximum absolute atomic E-state index is 13.4. The zero-order valence-corrected chi connectivity index (χ0v) is 7.89. The maximum Gasteiger partial charge on any atom is 0.307 e. The lowest BCUT2D eigenvalue weighted by Crippen LogP contribution is -2.19. The second kappa shape index (κ2) is 2.21. The van der Waals surface area contributed by atoms with Crippen molar-refractivity contribution in [2.24, 2.45) is 17.3 Å². The minimum absolute atomic E-state index is 0.345. The largest absolute Gasteiger partial charge is 0.481 e. The predicted molar refractivity (Wildman–Crippen MR) is 43.6 cm³/mol. The molecular weight excluding hydrogens is 159 g/mol. The second-order valence-electron chi connectivity index (χ2n) is 4.68. The Labute approximate surface area is 71.8 Å². The number of carbonyl (C=O) groups is 1. The third-order valence-electron chi connectivity index (χ3n) is 2.83. The van der Waals surface area contributed by atoms with E-state index in [1.807, 2.05) is 0 Å². The Morgan fingerprint density at radius 1 is 1.50 bits per heavy atom. The number of hydrogen-bond acceptors (Lipinski definition) is 1. The summed E-state index contributed by atoms with van der Waals surface area (Å²) in [5, 5.41) is 8.76. The highest BCUT2D eigenvalue weighted by Gasteiger charge is 2.68. The van der Waals surface area contributed by atoms with Gasteiger partial charge in [0.15, 0.2) is 0 Å². The first kappa shape index (κ1) is 9.49. The summed E-state index contributed by atoms with van der Waals surface area (Å²) < 4.78 is 13.4. The van der Waals surface area contributed by atoms with E-state index in [1.165, 1.54) is 13.8 Å². The molecule has 0 aromatic carbocycles. The van der Waals surface area contributed by atoms with E-state index in [1.54, 1.807) is 13.8 Å². The monoisotopic (exact) mass is 174 g/mol. The molecule has 0 spiro atoms. The van der Waals surface area contributed by atoms with Gasteiger partial charge < -0.3 is 5.11 Å². The van der Waals surface area contributed by atoms with Crippen LogP contribution in [-0.4, -0.2) is 16.7 Å². The van der Waals surface area contributed by atoms with Gasteiger partial charge in [-0.25, -0.2) is 4.39 Å². The summed E-state index contributed by atoms with van der Waals surface area (Å²) in [6.07, 6.45) is 0. The van der Waals surface area contributed by atoms with Crippen LogP contribution in [0.3, 0.4) is 0 Å². The van der Waals surface area contributed by atoms with Crippen molar-refractivity contribution in [3.63, 3.8) is 0 Å². The molecule has 0 bridgehead atoms. The molecule has 12 heavy (non-hydrogen) atoms. The first-order valence-corrected chi connectivity index (χ1v) is 4.10. The van der Waals surface area contributed by atoms with Gasteiger partial charge in [-0.15, -0.1) is 0 Å². The molecule has 0 heterocycles. The molecule has 0 unspecified atom stereocenters. The Bertz CT molecular complexity index is 215. The van der Waals surface area contributed by atoms with Gasteiger partial charge >= 0.3 is 5.97 Å². The highest BCUT2D eigenvalue weighted by molar-refractivity contribution is 5.75. The summed E-state index contributed by atoms with van der Waals surface area (Å²) >= 11 is 0. The van der Waals surface area contributed by atoms with Crippen molar-refractivity contribution in [1.29, 1.82) is 0 Å². The summed E-state index contributed by atoms with van der Waals surface area (Å²) in [7, 11) is 0. The number of alkyl halides is 1. The van der Waals surface area contributed by atoms with Crippen LogP contribution in [0.5, 0.6) is 0 Å². The van der Waals surface area contributed by atoms with Gasteiger partial charge in [0.2, 0.25) is 0 Å². The van der Waals surface area contributed by atoms with Crippen LogP contribution in [0.1, 0.15) is 27.7 Å². The minimum atomic E-state index is -1.38. The van der Waals surface area contributed by atoms with Crippen LogP contribution in [-0.2, 0) is 4.79 Å². The van der Waals surface area contributed by atoms with E-state index in [4.69, 9.17) is 5.11 Å². The van der Waals surface area contributed by atoms with E-state index in [0.29, 0.717) is 0 Å². The lowest BCUT2D eigenvalue weighted by Gasteiger charge is -2.14. The number of carboxylic acids is 1. The van der Waals surface area contributed by atoms with Crippen LogP contribution in [0, 0.1) is 17.3 Å². The SMILES string of the molecule is CC(C)(F)[C@H]1[C@H](C(=O)O)C1(C)C. The van der Waals surface area contributed by atoms with Crippen molar-refractivity contribution in [2.75, 3.05) is 0 Å². The van der Waals surface area contributed by atoms with Gasteiger partial charge in [-0.1, -0.05) is 13.8 Å². The fourth-order valence-electron chi connectivity index (χ4n) is 2.38. The molecule has 1 aliphatic rings. The van der Waals surface area contributed by atoms with Gasteiger partial charge in [-0.2, -0.15) is 0 Å². The highest BCUT2D eigenvalue weighted by Crippen LogP contribution is 2.63. The Morgan fingerprint density at radius 3 is 2.00 bits per heavy atom. The van der Waals surface area contributed by atoms with Crippen LogP contribution in [0.2, 0.25) is 0 Å². The van der Waals surface area contributed by atoms with Crippen molar-refractivity contribution in [3.05, 3.63) is 0 Å². The van der Waals surface area contributed by atoms with Crippen LogP contribution in [0.25, 0.3) is 0 Å². The quantitative estimate of drug-likeness (QED) is 0.696. The smallest absolute Gasteiger partial charge is 0.307 e. The average molecular weight is 174 g/mol. The molecule has 3 heteroatoms. The molecule has 0 radical (unpaired) electrons. The molecular formula is C9H15FO2. The molecule has 1 saturated carbocycles. The second-order valence-corrected chi connectivity index (χ2v) is 4.68. The summed E-state index contributed by atoms with van der Waals surface area (Å²) in [6.45, 7) is 6.50. The molecule has 0 aromatic rings. The molecule has 1 fully saturated rings. The Kier molecular flexibility index (Phi) is 1.75. The van der Waals surface area contributed by atoms with E-state index >= 15 is 0 Å². The van der Waals surface area contributed by atoms with E-state index in [2.05, 4.69) is 0 Å². The van der Waals surface area contributed by atoms with E-state index < -0.39 is 17.6 Å².